The van der Waals surface area contributed by atoms with E-state index in [-0.39, 0.29) is 19.0 Å². The van der Waals surface area contributed by atoms with Gasteiger partial charge in [-0.1, -0.05) is 19.1 Å². The zero-order valence-electron chi connectivity index (χ0n) is 9.05. The van der Waals surface area contributed by atoms with Gasteiger partial charge in [0.1, 0.15) is 5.75 Å². The molecule has 0 aliphatic rings. The third-order valence-electron chi connectivity index (χ3n) is 2.16. The molecule has 3 N–H and O–H groups in total. The van der Waals surface area contributed by atoms with Gasteiger partial charge in [0, 0.05) is 0 Å². The molecule has 1 atom stereocenters. The van der Waals surface area contributed by atoms with Crippen molar-refractivity contribution in [3.8, 4) is 5.75 Å². The van der Waals surface area contributed by atoms with Crippen LogP contribution in [0.3, 0.4) is 0 Å². The second kappa shape index (κ2) is 7.09. The summed E-state index contributed by atoms with van der Waals surface area (Å²) in [4.78, 5) is 10.3. The SMILES string of the molecule is CC(CN)c1ccc(OCC(=O)O)cc1.Cl. The van der Waals surface area contributed by atoms with E-state index in [1.54, 1.807) is 12.1 Å². The number of benzene rings is 1. The van der Waals surface area contributed by atoms with Gasteiger partial charge in [0.25, 0.3) is 0 Å². The van der Waals surface area contributed by atoms with Crippen molar-refractivity contribution >= 4 is 18.4 Å². The highest BCUT2D eigenvalue weighted by molar-refractivity contribution is 5.85. The number of halogens is 1. The van der Waals surface area contributed by atoms with Gasteiger partial charge in [-0.05, 0) is 30.2 Å². The van der Waals surface area contributed by atoms with E-state index in [0.29, 0.717) is 18.2 Å². The summed E-state index contributed by atoms with van der Waals surface area (Å²) in [5, 5.41) is 8.41. The Morgan fingerprint density at radius 1 is 1.44 bits per heavy atom. The molecule has 0 spiro atoms. The molecule has 0 saturated carbocycles. The number of aliphatic carboxylic acids is 1. The Morgan fingerprint density at radius 3 is 2.44 bits per heavy atom. The zero-order chi connectivity index (χ0) is 11.3. The van der Waals surface area contributed by atoms with E-state index in [4.69, 9.17) is 15.6 Å². The Morgan fingerprint density at radius 2 is 2.00 bits per heavy atom. The molecule has 0 aromatic heterocycles. The van der Waals surface area contributed by atoms with Crippen LogP contribution in [-0.4, -0.2) is 24.2 Å². The minimum absolute atomic E-state index is 0. The molecule has 0 bridgehead atoms. The van der Waals surface area contributed by atoms with Crippen molar-refractivity contribution in [1.29, 1.82) is 0 Å². The summed E-state index contributed by atoms with van der Waals surface area (Å²) in [7, 11) is 0. The Balaban J connectivity index is 0.00000225. The number of ether oxygens (including phenoxy) is 1. The second-order valence-corrected chi connectivity index (χ2v) is 3.39. The maximum atomic E-state index is 10.3. The van der Waals surface area contributed by atoms with E-state index < -0.39 is 5.97 Å². The first kappa shape index (κ1) is 14.7. The van der Waals surface area contributed by atoms with Gasteiger partial charge in [0.05, 0.1) is 0 Å². The van der Waals surface area contributed by atoms with Gasteiger partial charge >= 0.3 is 5.97 Å². The number of nitrogens with two attached hydrogens (primary N) is 1. The third kappa shape index (κ3) is 4.51. The Bertz CT molecular complexity index is 327. The number of carbonyl (C=O) groups is 1. The fraction of sp³-hybridized carbons (Fsp3) is 0.364. The molecule has 0 aliphatic carbocycles. The van der Waals surface area contributed by atoms with Crippen LogP contribution < -0.4 is 10.5 Å². The standard InChI is InChI=1S/C11H15NO3.ClH/c1-8(6-12)9-2-4-10(5-3-9)15-7-11(13)14;/h2-5,8H,6-7,12H2,1H3,(H,13,14);1H. The van der Waals surface area contributed by atoms with Crippen LogP contribution in [0, 0.1) is 0 Å². The van der Waals surface area contributed by atoms with Gasteiger partial charge in [-0.25, -0.2) is 4.79 Å². The summed E-state index contributed by atoms with van der Waals surface area (Å²) in [6.07, 6.45) is 0. The van der Waals surface area contributed by atoms with Crippen molar-refractivity contribution < 1.29 is 14.6 Å². The van der Waals surface area contributed by atoms with E-state index in [1.165, 1.54) is 0 Å². The number of hydrogen-bond donors (Lipinski definition) is 2. The van der Waals surface area contributed by atoms with Crippen molar-refractivity contribution in [3.63, 3.8) is 0 Å². The first-order valence-electron chi connectivity index (χ1n) is 4.78. The first-order valence-corrected chi connectivity index (χ1v) is 4.78. The predicted octanol–water partition coefficient (Wildman–Crippen LogP) is 1.63. The monoisotopic (exact) mass is 245 g/mol. The molecule has 5 heteroatoms. The molecule has 0 aliphatic heterocycles. The summed E-state index contributed by atoms with van der Waals surface area (Å²) < 4.78 is 5.01. The molecule has 1 rings (SSSR count). The fourth-order valence-electron chi connectivity index (χ4n) is 1.17. The zero-order valence-corrected chi connectivity index (χ0v) is 9.87. The lowest BCUT2D eigenvalue weighted by molar-refractivity contribution is -0.139. The highest BCUT2D eigenvalue weighted by Gasteiger charge is 2.03. The molecule has 0 saturated heterocycles. The molecule has 1 aromatic carbocycles. The van der Waals surface area contributed by atoms with E-state index >= 15 is 0 Å². The highest BCUT2D eigenvalue weighted by Crippen LogP contribution is 2.18. The summed E-state index contributed by atoms with van der Waals surface area (Å²) in [6, 6.07) is 7.30. The minimum Gasteiger partial charge on any atom is -0.482 e. The summed E-state index contributed by atoms with van der Waals surface area (Å²) in [6.45, 7) is 2.31. The van der Waals surface area contributed by atoms with Crippen molar-refractivity contribution in [2.24, 2.45) is 5.73 Å². The molecule has 0 radical (unpaired) electrons. The lowest BCUT2D eigenvalue weighted by Gasteiger charge is -2.09. The Labute approximate surface area is 101 Å². The molecule has 0 amide bonds. The van der Waals surface area contributed by atoms with Crippen LogP contribution in [0.1, 0.15) is 18.4 Å². The van der Waals surface area contributed by atoms with Gasteiger partial charge in [0.2, 0.25) is 0 Å². The molecular weight excluding hydrogens is 230 g/mol. The number of rotatable bonds is 5. The molecule has 90 valence electrons. The topological polar surface area (TPSA) is 72.5 Å². The fourth-order valence-corrected chi connectivity index (χ4v) is 1.17. The number of hydrogen-bond acceptors (Lipinski definition) is 3. The van der Waals surface area contributed by atoms with Gasteiger partial charge in [0.15, 0.2) is 6.61 Å². The van der Waals surface area contributed by atoms with Gasteiger partial charge in [-0.3, -0.25) is 0 Å². The lowest BCUT2D eigenvalue weighted by Crippen LogP contribution is -2.10. The van der Waals surface area contributed by atoms with Crippen LogP contribution in [-0.2, 0) is 4.79 Å². The van der Waals surface area contributed by atoms with Crippen LogP contribution >= 0.6 is 12.4 Å². The largest absolute Gasteiger partial charge is 0.482 e. The van der Waals surface area contributed by atoms with Crippen molar-refractivity contribution in [2.75, 3.05) is 13.2 Å². The summed E-state index contributed by atoms with van der Waals surface area (Å²) in [5.41, 5.74) is 6.66. The molecule has 4 nitrogen and oxygen atoms in total. The van der Waals surface area contributed by atoms with Crippen LogP contribution in [0.2, 0.25) is 0 Å². The normalized spacial score (nSPS) is 11.4. The predicted molar refractivity (Wildman–Crippen MR) is 64.3 cm³/mol. The van der Waals surface area contributed by atoms with E-state index in [2.05, 4.69) is 0 Å². The van der Waals surface area contributed by atoms with E-state index in [1.807, 2.05) is 19.1 Å². The maximum absolute atomic E-state index is 10.3. The number of carboxylic acids is 1. The van der Waals surface area contributed by atoms with Crippen LogP contribution in [0.25, 0.3) is 0 Å². The van der Waals surface area contributed by atoms with Crippen molar-refractivity contribution in [2.45, 2.75) is 12.8 Å². The highest BCUT2D eigenvalue weighted by atomic mass is 35.5. The molecular formula is C11H16ClNO3. The van der Waals surface area contributed by atoms with E-state index in [9.17, 15) is 4.79 Å². The van der Waals surface area contributed by atoms with Gasteiger partial charge < -0.3 is 15.6 Å². The summed E-state index contributed by atoms with van der Waals surface area (Å²) >= 11 is 0. The number of carboxylic acid groups (broad SMARTS) is 1. The van der Waals surface area contributed by atoms with Crippen LogP contribution in [0.5, 0.6) is 5.75 Å². The second-order valence-electron chi connectivity index (χ2n) is 3.39. The smallest absolute Gasteiger partial charge is 0.341 e. The molecule has 0 heterocycles. The third-order valence-corrected chi connectivity index (χ3v) is 2.16. The molecule has 0 fully saturated rings. The Kier molecular flexibility index (Phi) is 6.53. The summed E-state index contributed by atoms with van der Waals surface area (Å²) in [5.74, 6) is -0.113. The first-order chi connectivity index (χ1) is 7.13. The maximum Gasteiger partial charge on any atom is 0.341 e. The Hall–Kier alpha value is -1.26. The van der Waals surface area contributed by atoms with Crippen LogP contribution in [0.15, 0.2) is 24.3 Å². The molecule has 16 heavy (non-hydrogen) atoms. The van der Waals surface area contributed by atoms with Crippen molar-refractivity contribution in [1.82, 2.24) is 0 Å². The van der Waals surface area contributed by atoms with Gasteiger partial charge in [-0.2, -0.15) is 0 Å². The molecule has 1 unspecified atom stereocenters. The quantitative estimate of drug-likeness (QED) is 0.827. The lowest BCUT2D eigenvalue weighted by atomic mass is 10.0. The molecule has 1 aromatic rings. The van der Waals surface area contributed by atoms with E-state index in [0.717, 1.165) is 5.56 Å². The van der Waals surface area contributed by atoms with Crippen LogP contribution in [0.4, 0.5) is 0 Å². The van der Waals surface area contributed by atoms with Crippen molar-refractivity contribution in [3.05, 3.63) is 29.8 Å². The van der Waals surface area contributed by atoms with Gasteiger partial charge in [-0.15, -0.1) is 12.4 Å². The average molecular weight is 246 g/mol. The average Bonchev–Trinajstić information content (AvgIpc) is 2.26. The minimum atomic E-state index is -0.977.